The summed E-state index contributed by atoms with van der Waals surface area (Å²) in [7, 11) is 0. The van der Waals surface area contributed by atoms with E-state index in [1.807, 2.05) is 6.07 Å². The molecule has 1 aromatic carbocycles. The Morgan fingerprint density at radius 1 is 1.25 bits per heavy atom. The van der Waals surface area contributed by atoms with Gasteiger partial charge < -0.3 is 16.8 Å². The van der Waals surface area contributed by atoms with E-state index in [0.717, 1.165) is 6.42 Å². The van der Waals surface area contributed by atoms with Crippen LogP contribution in [0.4, 0.5) is 5.69 Å². The van der Waals surface area contributed by atoms with Gasteiger partial charge in [0, 0.05) is 12.2 Å². The molecule has 2 amide bonds. The first kappa shape index (κ1) is 16.2. The third-order valence-corrected chi connectivity index (χ3v) is 3.05. The predicted molar refractivity (Wildman–Crippen MR) is 80.0 cm³/mol. The van der Waals surface area contributed by atoms with E-state index in [4.69, 9.17) is 11.5 Å². The molecule has 5 nitrogen and oxygen atoms in total. The maximum absolute atomic E-state index is 12.2. The summed E-state index contributed by atoms with van der Waals surface area (Å²) >= 11 is 0. The highest BCUT2D eigenvalue weighted by Gasteiger charge is 2.19. The minimum Gasteiger partial charge on any atom is -0.369 e. The molecule has 20 heavy (non-hydrogen) atoms. The van der Waals surface area contributed by atoms with Gasteiger partial charge in [0.05, 0.1) is 12.3 Å². The van der Waals surface area contributed by atoms with Gasteiger partial charge >= 0.3 is 0 Å². The molecule has 0 fully saturated rings. The number of para-hydroxylation sites is 1. The van der Waals surface area contributed by atoms with Gasteiger partial charge in [-0.2, -0.15) is 0 Å². The molecule has 5 heteroatoms. The molecule has 5 N–H and O–H groups in total. The summed E-state index contributed by atoms with van der Waals surface area (Å²) in [6, 6.07) is 7.15. The Morgan fingerprint density at radius 2 is 1.90 bits per heavy atom. The number of amides is 2. The molecular formula is C15H23N3O2. The lowest BCUT2D eigenvalue weighted by Crippen LogP contribution is -2.30. The monoisotopic (exact) mass is 277 g/mol. The van der Waals surface area contributed by atoms with Crippen molar-refractivity contribution in [3.8, 4) is 0 Å². The standard InChI is InChI=1S/C15H23N3O2/c1-10(2)7-12(9-16)15(20)18-13-6-4-3-5-11(13)8-14(17)19/h3-6,10,12H,7-9,16H2,1-2H3,(H2,17,19)(H,18,20). The molecule has 1 rings (SSSR count). The SMILES string of the molecule is CC(C)CC(CN)C(=O)Nc1ccccc1CC(N)=O. The second-order valence-electron chi connectivity index (χ2n) is 5.35. The van der Waals surface area contributed by atoms with Crippen molar-refractivity contribution in [1.29, 1.82) is 0 Å². The zero-order chi connectivity index (χ0) is 15.1. The van der Waals surface area contributed by atoms with E-state index in [-0.39, 0.29) is 18.2 Å². The second kappa shape index (κ2) is 7.65. The van der Waals surface area contributed by atoms with E-state index in [1.54, 1.807) is 18.2 Å². The largest absolute Gasteiger partial charge is 0.369 e. The first-order valence-electron chi connectivity index (χ1n) is 6.81. The van der Waals surface area contributed by atoms with Gasteiger partial charge in [-0.05, 0) is 24.0 Å². The Morgan fingerprint density at radius 3 is 2.45 bits per heavy atom. The summed E-state index contributed by atoms with van der Waals surface area (Å²) in [6.07, 6.45) is 0.842. The van der Waals surface area contributed by atoms with Gasteiger partial charge in [-0.15, -0.1) is 0 Å². The van der Waals surface area contributed by atoms with Crippen LogP contribution in [0.2, 0.25) is 0 Å². The van der Waals surface area contributed by atoms with Crippen molar-refractivity contribution in [3.05, 3.63) is 29.8 Å². The highest BCUT2D eigenvalue weighted by molar-refractivity contribution is 5.94. The maximum Gasteiger partial charge on any atom is 0.228 e. The first-order chi connectivity index (χ1) is 9.43. The van der Waals surface area contributed by atoms with Gasteiger partial charge in [0.2, 0.25) is 11.8 Å². The zero-order valence-electron chi connectivity index (χ0n) is 12.1. The molecule has 0 aliphatic carbocycles. The lowest BCUT2D eigenvalue weighted by molar-refractivity contribution is -0.120. The molecule has 1 aromatic rings. The van der Waals surface area contributed by atoms with Gasteiger partial charge in [0.25, 0.3) is 0 Å². The summed E-state index contributed by atoms with van der Waals surface area (Å²) in [5, 5.41) is 2.85. The van der Waals surface area contributed by atoms with Gasteiger partial charge in [-0.3, -0.25) is 9.59 Å². The lowest BCUT2D eigenvalue weighted by Gasteiger charge is -2.18. The number of benzene rings is 1. The van der Waals surface area contributed by atoms with E-state index in [1.165, 1.54) is 0 Å². The molecule has 1 unspecified atom stereocenters. The molecule has 1 atom stereocenters. The Hall–Kier alpha value is -1.88. The van der Waals surface area contributed by atoms with Gasteiger partial charge in [0.1, 0.15) is 0 Å². The van der Waals surface area contributed by atoms with Gasteiger partial charge in [-0.25, -0.2) is 0 Å². The molecule has 0 aliphatic rings. The molecule has 0 bridgehead atoms. The van der Waals surface area contributed by atoms with Crippen molar-refractivity contribution in [3.63, 3.8) is 0 Å². The normalized spacial score (nSPS) is 12.2. The van der Waals surface area contributed by atoms with Crippen LogP contribution >= 0.6 is 0 Å². The van der Waals surface area contributed by atoms with Crippen molar-refractivity contribution < 1.29 is 9.59 Å². The molecule has 0 aliphatic heterocycles. The van der Waals surface area contributed by atoms with E-state index in [2.05, 4.69) is 19.2 Å². The van der Waals surface area contributed by atoms with Crippen molar-refractivity contribution in [2.75, 3.05) is 11.9 Å². The van der Waals surface area contributed by atoms with Crippen LogP contribution in [0.15, 0.2) is 24.3 Å². The molecule has 0 radical (unpaired) electrons. The average molecular weight is 277 g/mol. The Labute approximate surface area is 119 Å². The number of hydrogen-bond acceptors (Lipinski definition) is 3. The van der Waals surface area contributed by atoms with Crippen LogP contribution in [-0.4, -0.2) is 18.4 Å². The third kappa shape index (κ3) is 5.01. The van der Waals surface area contributed by atoms with E-state index in [9.17, 15) is 9.59 Å². The Bertz CT molecular complexity index is 472. The summed E-state index contributed by atoms with van der Waals surface area (Å²) in [5.74, 6) is -0.367. The smallest absolute Gasteiger partial charge is 0.228 e. The number of nitrogens with one attached hydrogen (secondary N) is 1. The minimum absolute atomic E-state index is 0.105. The van der Waals surface area contributed by atoms with E-state index < -0.39 is 5.91 Å². The summed E-state index contributed by atoms with van der Waals surface area (Å²) < 4.78 is 0. The number of hydrogen-bond donors (Lipinski definition) is 3. The number of carbonyl (C=O) groups is 2. The van der Waals surface area contributed by atoms with Crippen LogP contribution in [-0.2, 0) is 16.0 Å². The molecular weight excluding hydrogens is 254 g/mol. The van der Waals surface area contributed by atoms with Crippen LogP contribution in [0.1, 0.15) is 25.8 Å². The number of nitrogens with two attached hydrogens (primary N) is 2. The van der Waals surface area contributed by atoms with Crippen LogP contribution < -0.4 is 16.8 Å². The predicted octanol–water partition coefficient (Wildman–Crippen LogP) is 1.27. The molecule has 0 saturated heterocycles. The van der Waals surface area contributed by atoms with Gasteiger partial charge in [0.15, 0.2) is 0 Å². The van der Waals surface area contributed by atoms with Crippen molar-refractivity contribution >= 4 is 17.5 Å². The zero-order valence-corrected chi connectivity index (χ0v) is 12.1. The fourth-order valence-electron chi connectivity index (χ4n) is 2.10. The highest BCUT2D eigenvalue weighted by atomic mass is 16.2. The van der Waals surface area contributed by atoms with E-state index >= 15 is 0 Å². The maximum atomic E-state index is 12.2. The molecule has 110 valence electrons. The van der Waals surface area contributed by atoms with Crippen molar-refractivity contribution in [2.24, 2.45) is 23.3 Å². The summed E-state index contributed by atoms with van der Waals surface area (Å²) in [6.45, 7) is 4.41. The number of anilines is 1. The fraction of sp³-hybridized carbons (Fsp3) is 0.467. The third-order valence-electron chi connectivity index (χ3n) is 3.05. The average Bonchev–Trinajstić information content (AvgIpc) is 2.37. The first-order valence-corrected chi connectivity index (χ1v) is 6.81. The van der Waals surface area contributed by atoms with Crippen LogP contribution in [0.3, 0.4) is 0 Å². The Balaban J connectivity index is 2.81. The fourth-order valence-corrected chi connectivity index (χ4v) is 2.10. The van der Waals surface area contributed by atoms with Crippen LogP contribution in [0.5, 0.6) is 0 Å². The molecule has 0 saturated carbocycles. The number of primary amides is 1. The summed E-state index contributed by atoms with van der Waals surface area (Å²) in [4.78, 5) is 23.2. The topological polar surface area (TPSA) is 98.2 Å². The molecule has 0 heterocycles. The van der Waals surface area contributed by atoms with Crippen LogP contribution in [0, 0.1) is 11.8 Å². The Kier molecular flexibility index (Phi) is 6.18. The van der Waals surface area contributed by atoms with Crippen molar-refractivity contribution in [2.45, 2.75) is 26.7 Å². The lowest BCUT2D eigenvalue weighted by atomic mass is 9.96. The second-order valence-corrected chi connectivity index (χ2v) is 5.35. The minimum atomic E-state index is -0.427. The molecule has 0 spiro atoms. The highest BCUT2D eigenvalue weighted by Crippen LogP contribution is 2.18. The summed E-state index contributed by atoms with van der Waals surface area (Å²) in [5.41, 5.74) is 12.2. The van der Waals surface area contributed by atoms with E-state index in [0.29, 0.717) is 23.7 Å². The van der Waals surface area contributed by atoms with Gasteiger partial charge in [-0.1, -0.05) is 32.0 Å². The quantitative estimate of drug-likeness (QED) is 0.700. The molecule has 0 aromatic heterocycles. The van der Waals surface area contributed by atoms with Crippen molar-refractivity contribution in [1.82, 2.24) is 0 Å². The number of rotatable bonds is 7. The number of carbonyl (C=O) groups excluding carboxylic acids is 2. The van der Waals surface area contributed by atoms with Crippen LogP contribution in [0.25, 0.3) is 0 Å².